The first-order chi connectivity index (χ1) is 5.13. The maximum absolute atomic E-state index is 10.5. The maximum atomic E-state index is 10.5. The van der Waals surface area contributed by atoms with E-state index in [9.17, 15) is 4.79 Å². The summed E-state index contributed by atoms with van der Waals surface area (Å²) in [4.78, 5) is 12.2. The molecular formula is C6H13Cl2NO2S. The Hall–Kier alpha value is 0.360. The zero-order valence-electron chi connectivity index (χ0n) is 6.73. The molecule has 0 amide bonds. The Labute approximate surface area is 88.9 Å². The van der Waals surface area contributed by atoms with E-state index in [1.165, 1.54) is 0 Å². The summed E-state index contributed by atoms with van der Waals surface area (Å²) in [5.74, 6) is -0.107. The van der Waals surface area contributed by atoms with E-state index in [1.54, 1.807) is 11.9 Å². The normalized spacial score (nSPS) is 12.3. The van der Waals surface area contributed by atoms with Gasteiger partial charge in [0.15, 0.2) is 0 Å². The molecule has 0 saturated heterocycles. The summed E-state index contributed by atoms with van der Waals surface area (Å²) in [6.45, 7) is 0.569. The molecule has 0 fully saturated rings. The van der Waals surface area contributed by atoms with E-state index in [4.69, 9.17) is 16.7 Å². The van der Waals surface area contributed by atoms with Gasteiger partial charge in [0, 0.05) is 18.2 Å². The molecule has 3 nitrogen and oxygen atoms in total. The topological polar surface area (TPSA) is 40.5 Å². The summed E-state index contributed by atoms with van der Waals surface area (Å²) < 4.78 is 0. The summed E-state index contributed by atoms with van der Waals surface area (Å²) >= 11 is 9.36. The zero-order chi connectivity index (χ0) is 8.85. The first-order valence-corrected chi connectivity index (χ1v) is 4.40. The van der Waals surface area contributed by atoms with Crippen LogP contribution < -0.4 is 0 Å². The molecule has 74 valence electrons. The van der Waals surface area contributed by atoms with Crippen molar-refractivity contribution in [2.24, 2.45) is 0 Å². The van der Waals surface area contributed by atoms with Gasteiger partial charge in [0.05, 0.1) is 0 Å². The minimum Gasteiger partial charge on any atom is -0.480 e. The van der Waals surface area contributed by atoms with Crippen LogP contribution in [0.25, 0.3) is 0 Å². The lowest BCUT2D eigenvalue weighted by Gasteiger charge is -2.21. The fourth-order valence-corrected chi connectivity index (χ4v) is 1.40. The summed E-state index contributed by atoms with van der Waals surface area (Å²) in [5, 5.41) is 8.64. The summed E-state index contributed by atoms with van der Waals surface area (Å²) in [7, 11) is 1.72. The molecule has 0 aromatic carbocycles. The lowest BCUT2D eigenvalue weighted by Crippen LogP contribution is -2.40. The molecule has 0 saturated carbocycles. The number of hydrogen-bond acceptors (Lipinski definition) is 3. The fourth-order valence-electron chi connectivity index (χ4n) is 0.695. The molecule has 6 heteroatoms. The number of aliphatic carboxylic acids is 1. The lowest BCUT2D eigenvalue weighted by atomic mass is 10.3. The number of hydrogen-bond donors (Lipinski definition) is 2. The number of carbonyl (C=O) groups is 1. The summed E-state index contributed by atoms with van der Waals surface area (Å²) in [5.41, 5.74) is 0. The molecule has 0 aromatic rings. The Morgan fingerprint density at radius 2 is 2.25 bits per heavy atom. The standard InChI is InChI=1S/C6H12ClNO2S.ClH/c1-8(3-2-7)5(4-11)6(9)10;/h5,11H,2-4H2,1H3,(H,9,10);1H/t5-;/m0./s1. The van der Waals surface area contributed by atoms with Gasteiger partial charge in [0.25, 0.3) is 0 Å². The number of halogens is 2. The largest absolute Gasteiger partial charge is 0.480 e. The molecule has 0 bridgehead atoms. The van der Waals surface area contributed by atoms with Crippen molar-refractivity contribution < 1.29 is 9.90 Å². The molecule has 0 rings (SSSR count). The van der Waals surface area contributed by atoms with Crippen LogP contribution in [0.15, 0.2) is 0 Å². The third-order valence-electron chi connectivity index (χ3n) is 1.43. The highest BCUT2D eigenvalue weighted by Gasteiger charge is 2.19. The van der Waals surface area contributed by atoms with Gasteiger partial charge < -0.3 is 5.11 Å². The Morgan fingerprint density at radius 3 is 2.50 bits per heavy atom. The van der Waals surface area contributed by atoms with Crippen LogP contribution in [0, 0.1) is 0 Å². The third-order valence-corrected chi connectivity index (χ3v) is 1.94. The number of carboxylic acid groups (broad SMARTS) is 1. The van der Waals surface area contributed by atoms with Gasteiger partial charge in [-0.2, -0.15) is 12.6 Å². The van der Waals surface area contributed by atoms with E-state index in [1.807, 2.05) is 0 Å². The highest BCUT2D eigenvalue weighted by atomic mass is 35.5. The van der Waals surface area contributed by atoms with Gasteiger partial charge in [-0.1, -0.05) is 0 Å². The van der Waals surface area contributed by atoms with Crippen molar-refractivity contribution in [2.45, 2.75) is 6.04 Å². The predicted octanol–water partition coefficient (Wildman–Crippen LogP) is 0.962. The highest BCUT2D eigenvalue weighted by molar-refractivity contribution is 7.80. The van der Waals surface area contributed by atoms with Gasteiger partial charge >= 0.3 is 5.97 Å². The average molecular weight is 234 g/mol. The Morgan fingerprint density at radius 1 is 1.75 bits per heavy atom. The Kier molecular flexibility index (Phi) is 9.88. The van der Waals surface area contributed by atoms with E-state index >= 15 is 0 Å². The maximum Gasteiger partial charge on any atom is 0.321 e. The number of rotatable bonds is 5. The van der Waals surface area contributed by atoms with Crippen LogP contribution in [0.2, 0.25) is 0 Å². The van der Waals surface area contributed by atoms with Crippen molar-refractivity contribution in [2.75, 3.05) is 25.2 Å². The second-order valence-electron chi connectivity index (χ2n) is 2.21. The fraction of sp³-hybridized carbons (Fsp3) is 0.833. The van der Waals surface area contributed by atoms with Crippen molar-refractivity contribution in [1.82, 2.24) is 4.90 Å². The summed E-state index contributed by atoms with van der Waals surface area (Å²) in [6, 6.07) is -0.530. The van der Waals surface area contributed by atoms with Crippen LogP contribution in [0.3, 0.4) is 0 Å². The van der Waals surface area contributed by atoms with Crippen molar-refractivity contribution in [3.8, 4) is 0 Å². The van der Waals surface area contributed by atoms with Crippen molar-refractivity contribution >= 4 is 42.6 Å². The molecule has 0 unspecified atom stereocenters. The number of nitrogens with zero attached hydrogens (tertiary/aromatic N) is 1. The molecule has 0 spiro atoms. The molecule has 0 aliphatic heterocycles. The van der Waals surface area contributed by atoms with Crippen LogP contribution in [0.1, 0.15) is 0 Å². The molecule has 0 aromatic heterocycles. The van der Waals surface area contributed by atoms with Gasteiger partial charge in [-0.3, -0.25) is 9.69 Å². The molecular weight excluding hydrogens is 221 g/mol. The highest BCUT2D eigenvalue weighted by Crippen LogP contribution is 1.99. The Balaban J connectivity index is 0. The zero-order valence-corrected chi connectivity index (χ0v) is 9.20. The first-order valence-electron chi connectivity index (χ1n) is 3.23. The second-order valence-corrected chi connectivity index (χ2v) is 2.95. The van der Waals surface area contributed by atoms with Crippen molar-refractivity contribution in [3.05, 3.63) is 0 Å². The molecule has 0 radical (unpaired) electrons. The smallest absolute Gasteiger partial charge is 0.321 e. The molecule has 0 aliphatic carbocycles. The van der Waals surface area contributed by atoms with Gasteiger partial charge in [-0.25, -0.2) is 0 Å². The molecule has 0 heterocycles. The van der Waals surface area contributed by atoms with Crippen LogP contribution in [0.5, 0.6) is 0 Å². The molecule has 12 heavy (non-hydrogen) atoms. The van der Waals surface area contributed by atoms with E-state index in [2.05, 4.69) is 12.6 Å². The number of thiol groups is 1. The van der Waals surface area contributed by atoms with E-state index in [0.29, 0.717) is 18.2 Å². The lowest BCUT2D eigenvalue weighted by molar-refractivity contribution is -0.141. The van der Waals surface area contributed by atoms with Crippen LogP contribution in [-0.2, 0) is 4.79 Å². The summed E-state index contributed by atoms with van der Waals surface area (Å²) in [6.07, 6.45) is 0. The molecule has 1 atom stereocenters. The average Bonchev–Trinajstić information content (AvgIpc) is 1.88. The number of carboxylic acids is 1. The predicted molar refractivity (Wildman–Crippen MR) is 55.9 cm³/mol. The van der Waals surface area contributed by atoms with Crippen LogP contribution >= 0.6 is 36.6 Å². The monoisotopic (exact) mass is 233 g/mol. The third kappa shape index (κ3) is 5.09. The van der Waals surface area contributed by atoms with Crippen LogP contribution in [-0.4, -0.2) is 47.2 Å². The second kappa shape index (κ2) is 7.98. The van der Waals surface area contributed by atoms with Crippen molar-refractivity contribution in [3.63, 3.8) is 0 Å². The Bertz CT molecular complexity index is 137. The number of likely N-dealkylation sites (N-methyl/N-ethyl adjacent to an activating group) is 1. The first kappa shape index (κ1) is 14.9. The SMILES string of the molecule is CN(CCCl)[C@@H](CS)C(=O)O.Cl. The minimum absolute atomic E-state index is 0. The van der Waals surface area contributed by atoms with Gasteiger partial charge in [-0.15, -0.1) is 24.0 Å². The van der Waals surface area contributed by atoms with E-state index in [0.717, 1.165) is 0 Å². The van der Waals surface area contributed by atoms with Gasteiger partial charge in [0.2, 0.25) is 0 Å². The molecule has 1 N–H and O–H groups in total. The van der Waals surface area contributed by atoms with Crippen LogP contribution in [0.4, 0.5) is 0 Å². The van der Waals surface area contributed by atoms with Gasteiger partial charge in [-0.05, 0) is 7.05 Å². The van der Waals surface area contributed by atoms with Crippen molar-refractivity contribution in [1.29, 1.82) is 0 Å². The number of alkyl halides is 1. The van der Waals surface area contributed by atoms with Gasteiger partial charge in [0.1, 0.15) is 6.04 Å². The van der Waals surface area contributed by atoms with E-state index < -0.39 is 12.0 Å². The quantitative estimate of drug-likeness (QED) is 0.550. The van der Waals surface area contributed by atoms with E-state index in [-0.39, 0.29) is 12.4 Å². The molecule has 0 aliphatic rings. The minimum atomic E-state index is -0.854.